The number of amides is 1. The summed E-state index contributed by atoms with van der Waals surface area (Å²) in [4.78, 5) is 11.9. The van der Waals surface area contributed by atoms with Gasteiger partial charge in [-0.05, 0) is 24.6 Å². The Labute approximate surface area is 105 Å². The average molecular weight is 245 g/mol. The SMILES string of the molecule is Cc1ccc(C(=O)NCc2nncn2C)cc1N. The molecule has 6 nitrogen and oxygen atoms in total. The van der Waals surface area contributed by atoms with Gasteiger partial charge in [0, 0.05) is 18.3 Å². The number of rotatable bonds is 3. The van der Waals surface area contributed by atoms with Crippen molar-refractivity contribution in [2.45, 2.75) is 13.5 Å². The van der Waals surface area contributed by atoms with Gasteiger partial charge in [-0.15, -0.1) is 10.2 Å². The largest absolute Gasteiger partial charge is 0.398 e. The van der Waals surface area contributed by atoms with Crippen LogP contribution in [0.4, 0.5) is 5.69 Å². The molecule has 94 valence electrons. The maximum Gasteiger partial charge on any atom is 0.251 e. The minimum Gasteiger partial charge on any atom is -0.398 e. The van der Waals surface area contributed by atoms with Crippen LogP contribution in [0.2, 0.25) is 0 Å². The summed E-state index contributed by atoms with van der Waals surface area (Å²) in [5.41, 5.74) is 7.88. The maximum atomic E-state index is 11.9. The molecule has 1 aromatic carbocycles. The van der Waals surface area contributed by atoms with Gasteiger partial charge in [0.1, 0.15) is 6.33 Å². The van der Waals surface area contributed by atoms with Gasteiger partial charge in [-0.1, -0.05) is 6.07 Å². The lowest BCUT2D eigenvalue weighted by Crippen LogP contribution is -2.24. The van der Waals surface area contributed by atoms with Gasteiger partial charge < -0.3 is 15.6 Å². The number of hydrogen-bond acceptors (Lipinski definition) is 4. The van der Waals surface area contributed by atoms with E-state index in [-0.39, 0.29) is 5.91 Å². The summed E-state index contributed by atoms with van der Waals surface area (Å²) < 4.78 is 1.75. The lowest BCUT2D eigenvalue weighted by Gasteiger charge is -2.06. The van der Waals surface area contributed by atoms with Crippen molar-refractivity contribution in [1.82, 2.24) is 20.1 Å². The molecule has 3 N–H and O–H groups in total. The van der Waals surface area contributed by atoms with E-state index in [1.54, 1.807) is 23.0 Å². The number of nitrogens with one attached hydrogen (secondary N) is 1. The zero-order chi connectivity index (χ0) is 13.1. The monoisotopic (exact) mass is 245 g/mol. The van der Waals surface area contributed by atoms with Crippen molar-refractivity contribution in [2.75, 3.05) is 5.73 Å². The minimum atomic E-state index is -0.176. The van der Waals surface area contributed by atoms with Crippen LogP contribution in [0.25, 0.3) is 0 Å². The van der Waals surface area contributed by atoms with Crippen molar-refractivity contribution in [3.63, 3.8) is 0 Å². The predicted octanol–water partition coefficient (Wildman–Crippen LogP) is 0.636. The number of benzene rings is 1. The van der Waals surface area contributed by atoms with E-state index in [9.17, 15) is 4.79 Å². The number of anilines is 1. The van der Waals surface area contributed by atoms with E-state index >= 15 is 0 Å². The molecule has 1 amide bonds. The van der Waals surface area contributed by atoms with Crippen LogP contribution >= 0.6 is 0 Å². The van der Waals surface area contributed by atoms with E-state index in [0.29, 0.717) is 23.6 Å². The number of carbonyl (C=O) groups is 1. The molecule has 2 rings (SSSR count). The van der Waals surface area contributed by atoms with Gasteiger partial charge in [0.15, 0.2) is 5.82 Å². The van der Waals surface area contributed by atoms with Crippen molar-refractivity contribution in [3.8, 4) is 0 Å². The maximum absolute atomic E-state index is 11.9. The Morgan fingerprint density at radius 3 is 2.89 bits per heavy atom. The molecule has 0 spiro atoms. The topological polar surface area (TPSA) is 85.8 Å². The van der Waals surface area contributed by atoms with Crippen molar-refractivity contribution >= 4 is 11.6 Å². The zero-order valence-corrected chi connectivity index (χ0v) is 10.3. The molecule has 0 aliphatic rings. The highest BCUT2D eigenvalue weighted by molar-refractivity contribution is 5.95. The fourth-order valence-corrected chi connectivity index (χ4v) is 1.51. The molecule has 2 aromatic rings. The fraction of sp³-hybridized carbons (Fsp3) is 0.250. The van der Waals surface area contributed by atoms with E-state index in [1.807, 2.05) is 20.0 Å². The summed E-state index contributed by atoms with van der Waals surface area (Å²) in [5.74, 6) is 0.521. The molecule has 18 heavy (non-hydrogen) atoms. The molecular weight excluding hydrogens is 230 g/mol. The van der Waals surface area contributed by atoms with Crippen LogP contribution in [0.3, 0.4) is 0 Å². The van der Waals surface area contributed by atoms with Crippen molar-refractivity contribution in [2.24, 2.45) is 7.05 Å². The first kappa shape index (κ1) is 12.1. The first-order valence-corrected chi connectivity index (χ1v) is 5.55. The van der Waals surface area contributed by atoms with Crippen LogP contribution in [0.1, 0.15) is 21.7 Å². The molecule has 0 fully saturated rings. The first-order chi connectivity index (χ1) is 8.58. The van der Waals surface area contributed by atoms with Crippen molar-refractivity contribution < 1.29 is 4.79 Å². The van der Waals surface area contributed by atoms with Crippen LogP contribution in [0.15, 0.2) is 24.5 Å². The lowest BCUT2D eigenvalue weighted by atomic mass is 10.1. The van der Waals surface area contributed by atoms with Gasteiger partial charge in [-0.3, -0.25) is 4.79 Å². The Kier molecular flexibility index (Phi) is 3.27. The Bertz CT molecular complexity index is 576. The number of nitrogens with two attached hydrogens (primary N) is 1. The average Bonchev–Trinajstić information content (AvgIpc) is 2.75. The van der Waals surface area contributed by atoms with E-state index in [4.69, 9.17) is 5.73 Å². The molecule has 0 bridgehead atoms. The van der Waals surface area contributed by atoms with Crippen LogP contribution in [0, 0.1) is 6.92 Å². The highest BCUT2D eigenvalue weighted by atomic mass is 16.1. The number of nitrogens with zero attached hydrogens (tertiary/aromatic N) is 3. The molecule has 1 aromatic heterocycles. The van der Waals surface area contributed by atoms with E-state index in [2.05, 4.69) is 15.5 Å². The third-order valence-electron chi connectivity index (χ3n) is 2.75. The molecule has 0 aliphatic carbocycles. The molecule has 1 heterocycles. The van der Waals surface area contributed by atoms with Gasteiger partial charge in [0.2, 0.25) is 0 Å². The summed E-state index contributed by atoms with van der Waals surface area (Å²) in [6, 6.07) is 5.24. The first-order valence-electron chi connectivity index (χ1n) is 5.55. The van der Waals surface area contributed by atoms with Gasteiger partial charge in [0.05, 0.1) is 6.54 Å². The Hall–Kier alpha value is -2.37. The number of aromatic nitrogens is 3. The highest BCUT2D eigenvalue weighted by Gasteiger charge is 2.08. The van der Waals surface area contributed by atoms with E-state index < -0.39 is 0 Å². The number of aryl methyl sites for hydroxylation is 2. The molecule has 0 aliphatic heterocycles. The van der Waals surface area contributed by atoms with Crippen molar-refractivity contribution in [1.29, 1.82) is 0 Å². The number of hydrogen-bond donors (Lipinski definition) is 2. The van der Waals surface area contributed by atoms with Gasteiger partial charge in [0.25, 0.3) is 5.91 Å². The van der Waals surface area contributed by atoms with E-state index in [1.165, 1.54) is 0 Å². The number of carbonyl (C=O) groups excluding carboxylic acids is 1. The Morgan fingerprint density at radius 2 is 2.28 bits per heavy atom. The standard InChI is InChI=1S/C12H15N5O/c1-8-3-4-9(5-10(8)13)12(18)14-6-11-16-15-7-17(11)2/h3-5,7H,6,13H2,1-2H3,(H,14,18). The zero-order valence-electron chi connectivity index (χ0n) is 10.3. The molecule has 0 atom stereocenters. The van der Waals surface area contributed by atoms with E-state index in [0.717, 1.165) is 5.56 Å². The van der Waals surface area contributed by atoms with Crippen LogP contribution in [0.5, 0.6) is 0 Å². The summed E-state index contributed by atoms with van der Waals surface area (Å²) in [6.45, 7) is 2.24. The van der Waals surface area contributed by atoms with Crippen LogP contribution in [-0.4, -0.2) is 20.7 Å². The fourth-order valence-electron chi connectivity index (χ4n) is 1.51. The quantitative estimate of drug-likeness (QED) is 0.777. The van der Waals surface area contributed by atoms with Gasteiger partial charge in [-0.2, -0.15) is 0 Å². The second-order valence-electron chi connectivity index (χ2n) is 4.11. The third kappa shape index (κ3) is 2.48. The van der Waals surface area contributed by atoms with Gasteiger partial charge in [-0.25, -0.2) is 0 Å². The molecule has 0 unspecified atom stereocenters. The Balaban J connectivity index is 2.04. The summed E-state index contributed by atoms with van der Waals surface area (Å²) in [7, 11) is 1.82. The summed E-state index contributed by atoms with van der Waals surface area (Å²) in [5, 5.41) is 10.4. The molecular formula is C12H15N5O. The second kappa shape index (κ2) is 4.87. The van der Waals surface area contributed by atoms with Crippen molar-refractivity contribution in [3.05, 3.63) is 41.5 Å². The highest BCUT2D eigenvalue weighted by Crippen LogP contribution is 2.12. The van der Waals surface area contributed by atoms with Crippen LogP contribution in [-0.2, 0) is 13.6 Å². The summed E-state index contributed by atoms with van der Waals surface area (Å²) >= 11 is 0. The lowest BCUT2D eigenvalue weighted by molar-refractivity contribution is 0.0949. The number of nitrogen functional groups attached to an aromatic ring is 1. The third-order valence-corrected chi connectivity index (χ3v) is 2.75. The molecule has 6 heteroatoms. The minimum absolute atomic E-state index is 0.176. The predicted molar refractivity (Wildman–Crippen MR) is 67.8 cm³/mol. The van der Waals surface area contributed by atoms with Gasteiger partial charge >= 0.3 is 0 Å². The van der Waals surface area contributed by atoms with Crippen LogP contribution < -0.4 is 11.1 Å². The summed E-state index contributed by atoms with van der Waals surface area (Å²) in [6.07, 6.45) is 1.59. The normalized spacial score (nSPS) is 10.3. The molecule has 0 saturated carbocycles. The smallest absolute Gasteiger partial charge is 0.251 e. The molecule has 0 saturated heterocycles. The second-order valence-corrected chi connectivity index (χ2v) is 4.11. The molecule has 0 radical (unpaired) electrons. The Morgan fingerprint density at radius 1 is 1.50 bits per heavy atom.